The average molecular weight is 269 g/mol. The Morgan fingerprint density at radius 2 is 2.24 bits per heavy atom. The van der Waals surface area contributed by atoms with E-state index < -0.39 is 0 Å². The van der Waals surface area contributed by atoms with Gasteiger partial charge < -0.3 is 4.98 Å². The molecule has 88 valence electrons. The lowest BCUT2D eigenvalue weighted by atomic mass is 10.5. The zero-order valence-electron chi connectivity index (χ0n) is 8.98. The topological polar surface area (TPSA) is 71.5 Å². The lowest BCUT2D eigenvalue weighted by Gasteiger charge is -2.01. The van der Waals surface area contributed by atoms with Crippen molar-refractivity contribution in [3.63, 3.8) is 0 Å². The lowest BCUT2D eigenvalue weighted by Crippen LogP contribution is -2.08. The van der Waals surface area contributed by atoms with Gasteiger partial charge in [-0.15, -0.1) is 0 Å². The molecule has 0 bridgehead atoms. The van der Waals surface area contributed by atoms with Gasteiger partial charge in [0.15, 0.2) is 5.16 Å². The zero-order chi connectivity index (χ0) is 12.3. The Labute approximate surface area is 107 Å². The second kappa shape index (κ2) is 5.29. The van der Waals surface area contributed by atoms with Gasteiger partial charge in [0, 0.05) is 17.5 Å². The van der Waals surface area contributed by atoms with Gasteiger partial charge in [0.05, 0.1) is 18.1 Å². The van der Waals surface area contributed by atoms with Crippen molar-refractivity contribution in [3.8, 4) is 0 Å². The van der Waals surface area contributed by atoms with Crippen molar-refractivity contribution in [3.05, 3.63) is 45.4 Å². The number of hydrogen-bond donors (Lipinski definition) is 1. The second-order valence-electron chi connectivity index (χ2n) is 3.31. The molecule has 0 aliphatic carbocycles. The van der Waals surface area contributed by atoms with Crippen molar-refractivity contribution in [1.29, 1.82) is 0 Å². The van der Waals surface area contributed by atoms with Crippen LogP contribution in [0.15, 0.2) is 28.4 Å². The highest BCUT2D eigenvalue weighted by atomic mass is 35.5. The number of H-pyrrole nitrogens is 1. The Morgan fingerprint density at radius 1 is 1.41 bits per heavy atom. The van der Waals surface area contributed by atoms with E-state index in [9.17, 15) is 4.79 Å². The molecule has 0 aliphatic heterocycles. The third-order valence-electron chi connectivity index (χ3n) is 1.88. The van der Waals surface area contributed by atoms with Gasteiger partial charge in [0.2, 0.25) is 0 Å². The smallest absolute Gasteiger partial charge is 0.251 e. The van der Waals surface area contributed by atoms with Crippen LogP contribution in [0.25, 0.3) is 0 Å². The molecule has 1 N–H and O–H groups in total. The quantitative estimate of drug-likeness (QED) is 0.679. The van der Waals surface area contributed by atoms with Crippen LogP contribution in [0, 0.1) is 6.92 Å². The van der Waals surface area contributed by atoms with Crippen molar-refractivity contribution in [1.82, 2.24) is 19.9 Å². The van der Waals surface area contributed by atoms with Crippen LogP contribution in [0.2, 0.25) is 5.15 Å². The van der Waals surface area contributed by atoms with Crippen molar-refractivity contribution in [2.24, 2.45) is 0 Å². The molecule has 0 unspecified atom stereocenters. The fourth-order valence-corrected chi connectivity index (χ4v) is 2.09. The van der Waals surface area contributed by atoms with Gasteiger partial charge in [-0.3, -0.25) is 9.78 Å². The third kappa shape index (κ3) is 3.54. The largest absolute Gasteiger partial charge is 0.301 e. The Morgan fingerprint density at radius 3 is 2.88 bits per heavy atom. The standard InChI is InChI=1S/C10H9ClN4OS/c1-6-2-9(16)15-10(14-6)17-5-7-3-13-8(11)4-12-7/h2-4H,5H2,1H3,(H,14,15,16). The number of rotatable bonds is 3. The van der Waals surface area contributed by atoms with Crippen molar-refractivity contribution in [2.75, 3.05) is 0 Å². The Kier molecular flexibility index (Phi) is 3.75. The number of nitrogens with zero attached hydrogens (tertiary/aromatic N) is 3. The predicted molar refractivity (Wildman–Crippen MR) is 66.2 cm³/mol. The van der Waals surface area contributed by atoms with Gasteiger partial charge in [-0.2, -0.15) is 0 Å². The van der Waals surface area contributed by atoms with E-state index in [4.69, 9.17) is 11.6 Å². The first-order chi connectivity index (χ1) is 8.13. The van der Waals surface area contributed by atoms with Gasteiger partial charge in [-0.25, -0.2) is 9.97 Å². The summed E-state index contributed by atoms with van der Waals surface area (Å²) >= 11 is 7.03. The first-order valence-corrected chi connectivity index (χ1v) is 6.17. The highest BCUT2D eigenvalue weighted by Gasteiger charge is 2.01. The summed E-state index contributed by atoms with van der Waals surface area (Å²) in [5.74, 6) is 0.580. The summed E-state index contributed by atoms with van der Waals surface area (Å²) in [5.41, 5.74) is 1.32. The van der Waals surface area contributed by atoms with E-state index in [0.29, 0.717) is 21.8 Å². The normalized spacial score (nSPS) is 10.5. The summed E-state index contributed by atoms with van der Waals surface area (Å²) in [7, 11) is 0. The predicted octanol–water partition coefficient (Wildman–Crippen LogP) is 1.81. The van der Waals surface area contributed by atoms with Crippen LogP contribution in [0.1, 0.15) is 11.4 Å². The van der Waals surface area contributed by atoms with E-state index in [1.165, 1.54) is 24.0 Å². The van der Waals surface area contributed by atoms with E-state index in [-0.39, 0.29) is 5.56 Å². The van der Waals surface area contributed by atoms with E-state index in [2.05, 4.69) is 19.9 Å². The summed E-state index contributed by atoms with van der Waals surface area (Å²) < 4.78 is 0. The van der Waals surface area contributed by atoms with Crippen LogP contribution in [0.4, 0.5) is 0 Å². The maximum Gasteiger partial charge on any atom is 0.251 e. The number of halogens is 1. The minimum atomic E-state index is -0.151. The van der Waals surface area contributed by atoms with Crippen molar-refractivity contribution < 1.29 is 0 Å². The lowest BCUT2D eigenvalue weighted by molar-refractivity contribution is 0.903. The van der Waals surface area contributed by atoms with Crippen LogP contribution < -0.4 is 5.56 Å². The Bertz CT molecular complexity index is 569. The minimum absolute atomic E-state index is 0.151. The fourth-order valence-electron chi connectivity index (χ4n) is 1.18. The SMILES string of the molecule is Cc1cc(=O)[nH]c(SCc2cnc(Cl)cn2)n1. The molecule has 17 heavy (non-hydrogen) atoms. The molecule has 2 aromatic heterocycles. The van der Waals surface area contributed by atoms with Crippen LogP contribution in [-0.4, -0.2) is 19.9 Å². The first-order valence-electron chi connectivity index (χ1n) is 4.80. The number of thioether (sulfide) groups is 1. The molecule has 2 aromatic rings. The molecular weight excluding hydrogens is 260 g/mol. The fraction of sp³-hybridized carbons (Fsp3) is 0.200. The summed E-state index contributed by atoms with van der Waals surface area (Å²) in [6.45, 7) is 1.78. The van der Waals surface area contributed by atoms with Crippen molar-refractivity contribution in [2.45, 2.75) is 17.8 Å². The van der Waals surface area contributed by atoms with Gasteiger partial charge in [-0.1, -0.05) is 23.4 Å². The molecule has 0 aromatic carbocycles. The van der Waals surface area contributed by atoms with E-state index in [1.807, 2.05) is 0 Å². The molecule has 0 fully saturated rings. The summed E-state index contributed by atoms with van der Waals surface area (Å²) in [5, 5.41) is 0.938. The van der Waals surface area contributed by atoms with Gasteiger partial charge >= 0.3 is 0 Å². The molecule has 0 atom stereocenters. The number of aromatic amines is 1. The van der Waals surface area contributed by atoms with E-state index >= 15 is 0 Å². The molecule has 0 saturated heterocycles. The highest BCUT2D eigenvalue weighted by Crippen LogP contribution is 2.16. The number of aromatic nitrogens is 4. The minimum Gasteiger partial charge on any atom is -0.301 e. The van der Waals surface area contributed by atoms with E-state index in [1.54, 1.807) is 13.1 Å². The van der Waals surface area contributed by atoms with Gasteiger partial charge in [0.25, 0.3) is 5.56 Å². The molecule has 0 saturated carbocycles. The molecular formula is C10H9ClN4OS. The Balaban J connectivity index is 2.07. The van der Waals surface area contributed by atoms with Gasteiger partial charge in [-0.05, 0) is 6.92 Å². The highest BCUT2D eigenvalue weighted by molar-refractivity contribution is 7.98. The summed E-state index contributed by atoms with van der Waals surface area (Å²) in [6, 6.07) is 1.45. The molecule has 2 heterocycles. The first kappa shape index (κ1) is 12.1. The maximum atomic E-state index is 11.2. The molecule has 0 amide bonds. The van der Waals surface area contributed by atoms with E-state index in [0.717, 1.165) is 5.69 Å². The molecule has 0 radical (unpaired) electrons. The molecule has 0 aliphatic rings. The summed E-state index contributed by atoms with van der Waals surface area (Å²) in [6.07, 6.45) is 3.09. The molecule has 0 spiro atoms. The molecule has 5 nitrogen and oxygen atoms in total. The Hall–Kier alpha value is -1.40. The monoisotopic (exact) mass is 268 g/mol. The van der Waals surface area contributed by atoms with Crippen LogP contribution in [0.5, 0.6) is 0 Å². The van der Waals surface area contributed by atoms with Crippen LogP contribution >= 0.6 is 23.4 Å². The number of hydrogen-bond acceptors (Lipinski definition) is 5. The number of aryl methyl sites for hydroxylation is 1. The van der Waals surface area contributed by atoms with Crippen LogP contribution in [0.3, 0.4) is 0 Å². The van der Waals surface area contributed by atoms with Gasteiger partial charge in [0.1, 0.15) is 5.15 Å². The maximum absolute atomic E-state index is 11.2. The van der Waals surface area contributed by atoms with Crippen LogP contribution in [-0.2, 0) is 5.75 Å². The van der Waals surface area contributed by atoms with Crippen molar-refractivity contribution >= 4 is 23.4 Å². The second-order valence-corrected chi connectivity index (χ2v) is 4.66. The third-order valence-corrected chi connectivity index (χ3v) is 2.98. The summed E-state index contributed by atoms with van der Waals surface area (Å²) in [4.78, 5) is 26.1. The average Bonchev–Trinajstić information content (AvgIpc) is 2.27. The zero-order valence-corrected chi connectivity index (χ0v) is 10.5. The molecule has 2 rings (SSSR count). The molecule has 7 heteroatoms. The number of nitrogens with one attached hydrogen (secondary N) is 1.